The van der Waals surface area contributed by atoms with E-state index < -0.39 is 10.0 Å². The molecule has 2 heterocycles. The summed E-state index contributed by atoms with van der Waals surface area (Å²) in [7, 11) is -3.67. The van der Waals surface area contributed by atoms with Crippen molar-refractivity contribution in [3.8, 4) is 0 Å². The number of halogens is 1. The van der Waals surface area contributed by atoms with Gasteiger partial charge in [0.1, 0.15) is 10.0 Å². The first-order valence-corrected chi connectivity index (χ1v) is 10.1. The Bertz CT molecular complexity index is 669. The molecule has 1 aliphatic heterocycles. The molecule has 8 heteroatoms. The van der Waals surface area contributed by atoms with Crippen molar-refractivity contribution >= 4 is 27.5 Å². The molecule has 0 radical (unpaired) electrons. The standard InChI is InChI=1S/C16H24ClN3O3S/c1-3-13(4-2)19-16(21)12-7-10-20(11-8-12)24(22,23)14-6-5-9-18-15(14)17/h5-6,9,12-13H,3-4,7-8,10-11H2,1-2H3,(H,19,21). The van der Waals surface area contributed by atoms with Gasteiger partial charge in [0.2, 0.25) is 15.9 Å². The molecule has 1 aliphatic rings. The maximum Gasteiger partial charge on any atom is 0.246 e. The van der Waals surface area contributed by atoms with E-state index in [0.717, 1.165) is 12.8 Å². The fourth-order valence-corrected chi connectivity index (χ4v) is 4.77. The lowest BCUT2D eigenvalue weighted by Gasteiger charge is -2.31. The van der Waals surface area contributed by atoms with Gasteiger partial charge in [0, 0.05) is 31.2 Å². The van der Waals surface area contributed by atoms with Crippen molar-refractivity contribution in [2.75, 3.05) is 13.1 Å². The Morgan fingerprint density at radius 1 is 1.38 bits per heavy atom. The number of hydrogen-bond donors (Lipinski definition) is 1. The molecule has 0 spiro atoms. The first-order valence-electron chi connectivity index (χ1n) is 8.31. The molecule has 2 rings (SSSR count). The van der Waals surface area contributed by atoms with E-state index in [-0.39, 0.29) is 27.9 Å². The molecule has 134 valence electrons. The smallest absolute Gasteiger partial charge is 0.246 e. The molecule has 0 unspecified atom stereocenters. The molecule has 1 amide bonds. The van der Waals surface area contributed by atoms with Crippen LogP contribution in [0.5, 0.6) is 0 Å². The van der Waals surface area contributed by atoms with Crippen molar-refractivity contribution in [1.29, 1.82) is 0 Å². The zero-order chi connectivity index (χ0) is 17.7. The number of piperidine rings is 1. The minimum atomic E-state index is -3.67. The summed E-state index contributed by atoms with van der Waals surface area (Å²) in [5, 5.41) is 3.02. The van der Waals surface area contributed by atoms with Crippen molar-refractivity contribution < 1.29 is 13.2 Å². The van der Waals surface area contributed by atoms with Gasteiger partial charge >= 0.3 is 0 Å². The number of nitrogens with one attached hydrogen (secondary N) is 1. The lowest BCUT2D eigenvalue weighted by molar-refractivity contribution is -0.126. The van der Waals surface area contributed by atoms with E-state index in [4.69, 9.17) is 11.6 Å². The second-order valence-electron chi connectivity index (χ2n) is 5.99. The minimum Gasteiger partial charge on any atom is -0.353 e. The fraction of sp³-hybridized carbons (Fsp3) is 0.625. The van der Waals surface area contributed by atoms with Crippen molar-refractivity contribution in [2.24, 2.45) is 5.92 Å². The molecule has 0 bridgehead atoms. The number of aromatic nitrogens is 1. The Kier molecular flexibility index (Phi) is 6.60. The van der Waals surface area contributed by atoms with Crippen molar-refractivity contribution in [3.05, 3.63) is 23.5 Å². The third kappa shape index (κ3) is 4.26. The molecular formula is C16H24ClN3O3S. The number of sulfonamides is 1. The average molecular weight is 374 g/mol. The van der Waals surface area contributed by atoms with E-state index in [1.54, 1.807) is 6.07 Å². The van der Waals surface area contributed by atoms with E-state index in [1.165, 1.54) is 16.6 Å². The van der Waals surface area contributed by atoms with E-state index >= 15 is 0 Å². The first-order chi connectivity index (χ1) is 11.4. The van der Waals surface area contributed by atoms with E-state index in [1.807, 2.05) is 13.8 Å². The maximum absolute atomic E-state index is 12.7. The van der Waals surface area contributed by atoms with Gasteiger partial charge < -0.3 is 5.32 Å². The van der Waals surface area contributed by atoms with Gasteiger partial charge in [-0.1, -0.05) is 25.4 Å². The number of pyridine rings is 1. The largest absolute Gasteiger partial charge is 0.353 e. The Balaban J connectivity index is 2.00. The van der Waals surface area contributed by atoms with Gasteiger partial charge in [0.05, 0.1) is 0 Å². The molecule has 1 fully saturated rings. The van der Waals surface area contributed by atoms with Gasteiger partial charge in [-0.05, 0) is 37.8 Å². The number of rotatable bonds is 6. The third-order valence-electron chi connectivity index (χ3n) is 4.50. The highest BCUT2D eigenvalue weighted by Gasteiger charge is 2.33. The Morgan fingerprint density at radius 3 is 2.54 bits per heavy atom. The van der Waals surface area contributed by atoms with Crippen LogP contribution in [0.2, 0.25) is 5.15 Å². The second kappa shape index (κ2) is 8.27. The van der Waals surface area contributed by atoms with Gasteiger partial charge in [-0.15, -0.1) is 0 Å². The van der Waals surface area contributed by atoms with Crippen LogP contribution in [0.4, 0.5) is 0 Å². The van der Waals surface area contributed by atoms with Crippen LogP contribution in [-0.2, 0) is 14.8 Å². The van der Waals surface area contributed by atoms with Crippen molar-refractivity contribution in [1.82, 2.24) is 14.6 Å². The average Bonchev–Trinajstić information content (AvgIpc) is 2.59. The predicted octanol–water partition coefficient (Wildman–Crippen LogP) is 2.44. The number of carbonyl (C=O) groups is 1. The highest BCUT2D eigenvalue weighted by molar-refractivity contribution is 7.89. The molecule has 0 atom stereocenters. The topological polar surface area (TPSA) is 79.4 Å². The van der Waals surface area contributed by atoms with Gasteiger partial charge in [0.25, 0.3) is 0 Å². The normalized spacial score (nSPS) is 17.2. The number of amides is 1. The Labute approximate surface area is 148 Å². The Morgan fingerprint density at radius 2 is 2.00 bits per heavy atom. The summed E-state index contributed by atoms with van der Waals surface area (Å²) in [4.78, 5) is 16.1. The molecule has 0 aliphatic carbocycles. The number of hydrogen-bond acceptors (Lipinski definition) is 4. The van der Waals surface area contributed by atoms with Crippen molar-refractivity contribution in [3.63, 3.8) is 0 Å². The first kappa shape index (κ1) is 19.1. The van der Waals surface area contributed by atoms with Gasteiger partial charge in [-0.25, -0.2) is 13.4 Å². The molecule has 1 N–H and O–H groups in total. The lowest BCUT2D eigenvalue weighted by Crippen LogP contribution is -2.45. The van der Waals surface area contributed by atoms with Crippen LogP contribution in [0.25, 0.3) is 0 Å². The molecule has 1 saturated heterocycles. The van der Waals surface area contributed by atoms with Crippen LogP contribution in [0, 0.1) is 5.92 Å². The summed E-state index contributed by atoms with van der Waals surface area (Å²) < 4.78 is 26.7. The zero-order valence-electron chi connectivity index (χ0n) is 14.0. The van der Waals surface area contributed by atoms with Crippen LogP contribution in [-0.4, -0.2) is 42.7 Å². The molecule has 1 aromatic heterocycles. The summed E-state index contributed by atoms with van der Waals surface area (Å²) in [5.41, 5.74) is 0. The molecule has 0 saturated carbocycles. The van der Waals surface area contributed by atoms with Crippen LogP contribution in [0.3, 0.4) is 0 Å². The zero-order valence-corrected chi connectivity index (χ0v) is 15.6. The van der Waals surface area contributed by atoms with Crippen LogP contribution in [0.1, 0.15) is 39.5 Å². The van der Waals surface area contributed by atoms with Gasteiger partial charge in [-0.2, -0.15) is 4.31 Å². The summed E-state index contributed by atoms with van der Waals surface area (Å²) in [6.45, 7) is 4.71. The number of nitrogens with zero attached hydrogens (tertiary/aromatic N) is 2. The third-order valence-corrected chi connectivity index (χ3v) is 6.84. The van der Waals surface area contributed by atoms with Gasteiger partial charge in [0.15, 0.2) is 0 Å². The summed E-state index contributed by atoms with van der Waals surface area (Å²) in [6.07, 6.45) is 4.28. The second-order valence-corrected chi connectivity index (χ2v) is 8.26. The van der Waals surface area contributed by atoms with E-state index in [9.17, 15) is 13.2 Å². The maximum atomic E-state index is 12.7. The quantitative estimate of drug-likeness (QED) is 0.777. The summed E-state index contributed by atoms with van der Waals surface area (Å²) in [5.74, 6) is -0.110. The highest BCUT2D eigenvalue weighted by Crippen LogP contribution is 2.27. The Hall–Kier alpha value is -1.18. The minimum absolute atomic E-state index is 0.0200. The van der Waals surface area contributed by atoms with Crippen LogP contribution in [0.15, 0.2) is 23.2 Å². The van der Waals surface area contributed by atoms with E-state index in [2.05, 4.69) is 10.3 Å². The SMILES string of the molecule is CCC(CC)NC(=O)C1CCN(S(=O)(=O)c2cccnc2Cl)CC1. The van der Waals surface area contributed by atoms with Crippen LogP contribution < -0.4 is 5.32 Å². The van der Waals surface area contributed by atoms with Crippen LogP contribution >= 0.6 is 11.6 Å². The van der Waals surface area contributed by atoms with Crippen molar-refractivity contribution in [2.45, 2.75) is 50.5 Å². The van der Waals surface area contributed by atoms with Gasteiger partial charge in [-0.3, -0.25) is 4.79 Å². The lowest BCUT2D eigenvalue weighted by atomic mass is 9.96. The highest BCUT2D eigenvalue weighted by atomic mass is 35.5. The number of carbonyl (C=O) groups excluding carboxylic acids is 1. The monoisotopic (exact) mass is 373 g/mol. The molecule has 1 aromatic rings. The summed E-state index contributed by atoms with van der Waals surface area (Å²) in [6, 6.07) is 3.19. The molecule has 0 aromatic carbocycles. The van der Waals surface area contributed by atoms with E-state index in [0.29, 0.717) is 25.9 Å². The fourth-order valence-electron chi connectivity index (χ4n) is 2.87. The summed E-state index contributed by atoms with van der Waals surface area (Å²) >= 11 is 5.92. The predicted molar refractivity (Wildman–Crippen MR) is 93.2 cm³/mol. The molecular weight excluding hydrogens is 350 g/mol. The molecule has 6 nitrogen and oxygen atoms in total. The molecule has 24 heavy (non-hydrogen) atoms.